The summed E-state index contributed by atoms with van der Waals surface area (Å²) in [7, 11) is 0. The van der Waals surface area contributed by atoms with Gasteiger partial charge >= 0.3 is 0 Å². The average molecular weight is 275 g/mol. The van der Waals surface area contributed by atoms with Crippen molar-refractivity contribution in [2.45, 2.75) is 12.6 Å². The lowest BCUT2D eigenvalue weighted by Crippen LogP contribution is -2.07. The van der Waals surface area contributed by atoms with Crippen molar-refractivity contribution in [2.24, 2.45) is 0 Å². The van der Waals surface area contributed by atoms with Crippen molar-refractivity contribution in [3.63, 3.8) is 0 Å². The molecule has 0 radical (unpaired) electrons. The van der Waals surface area contributed by atoms with E-state index in [9.17, 15) is 5.11 Å². The van der Waals surface area contributed by atoms with Gasteiger partial charge in [-0.2, -0.15) is 0 Å². The minimum absolute atomic E-state index is 0. The Morgan fingerprint density at radius 2 is 1.89 bits per heavy atom. The monoisotopic (exact) mass is 274 g/mol. The van der Waals surface area contributed by atoms with Crippen LogP contribution in [0.25, 0.3) is 10.8 Å². The standard InChI is InChI=1S/C15H14N2O.ClH/c18-15(10-17-9-8-16-11-17)14-7-3-5-12-4-1-2-6-13(12)14;/h1-9,11,15,18H,10H2;1H. The molecule has 0 saturated heterocycles. The van der Waals surface area contributed by atoms with Gasteiger partial charge < -0.3 is 9.67 Å². The number of imidazole rings is 1. The van der Waals surface area contributed by atoms with Gasteiger partial charge in [0.05, 0.1) is 19.0 Å². The lowest BCUT2D eigenvalue weighted by atomic mass is 10.0. The number of benzene rings is 2. The Hall–Kier alpha value is -1.84. The van der Waals surface area contributed by atoms with Gasteiger partial charge in [0, 0.05) is 12.4 Å². The van der Waals surface area contributed by atoms with E-state index in [2.05, 4.69) is 17.1 Å². The summed E-state index contributed by atoms with van der Waals surface area (Å²) in [4.78, 5) is 3.98. The highest BCUT2D eigenvalue weighted by molar-refractivity contribution is 5.86. The third kappa shape index (κ3) is 2.78. The summed E-state index contributed by atoms with van der Waals surface area (Å²) in [5.41, 5.74) is 0.960. The molecule has 98 valence electrons. The van der Waals surface area contributed by atoms with Crippen LogP contribution in [-0.2, 0) is 6.54 Å². The zero-order valence-electron chi connectivity index (χ0n) is 10.3. The van der Waals surface area contributed by atoms with Crippen LogP contribution in [0.4, 0.5) is 0 Å². The molecule has 0 spiro atoms. The van der Waals surface area contributed by atoms with E-state index >= 15 is 0 Å². The summed E-state index contributed by atoms with van der Waals surface area (Å²) in [6.45, 7) is 0.522. The van der Waals surface area contributed by atoms with Crippen LogP contribution in [0, 0.1) is 0 Å². The summed E-state index contributed by atoms with van der Waals surface area (Å²) in [6, 6.07) is 14.1. The summed E-state index contributed by atoms with van der Waals surface area (Å²) in [5, 5.41) is 12.6. The van der Waals surface area contributed by atoms with E-state index in [1.165, 1.54) is 0 Å². The number of fused-ring (bicyclic) bond motifs is 1. The zero-order chi connectivity index (χ0) is 12.4. The quantitative estimate of drug-likeness (QED) is 0.796. The maximum Gasteiger partial charge on any atom is 0.0975 e. The number of nitrogens with zero attached hydrogens (tertiary/aromatic N) is 2. The molecule has 1 heterocycles. The first-order valence-corrected chi connectivity index (χ1v) is 5.96. The molecule has 3 aromatic rings. The Morgan fingerprint density at radius 1 is 1.11 bits per heavy atom. The van der Waals surface area contributed by atoms with Gasteiger partial charge in [0.25, 0.3) is 0 Å². The molecule has 0 saturated carbocycles. The minimum atomic E-state index is -0.523. The molecule has 0 aliphatic carbocycles. The fraction of sp³-hybridized carbons (Fsp3) is 0.133. The van der Waals surface area contributed by atoms with Crippen molar-refractivity contribution in [1.82, 2.24) is 9.55 Å². The van der Waals surface area contributed by atoms with Crippen molar-refractivity contribution in [3.8, 4) is 0 Å². The van der Waals surface area contributed by atoms with Crippen LogP contribution in [0.5, 0.6) is 0 Å². The highest BCUT2D eigenvalue weighted by atomic mass is 35.5. The highest BCUT2D eigenvalue weighted by Crippen LogP contribution is 2.25. The topological polar surface area (TPSA) is 38.0 Å². The summed E-state index contributed by atoms with van der Waals surface area (Å²) >= 11 is 0. The molecule has 4 heteroatoms. The van der Waals surface area contributed by atoms with E-state index in [1.807, 2.05) is 41.1 Å². The third-order valence-electron chi connectivity index (χ3n) is 3.13. The van der Waals surface area contributed by atoms with Gasteiger partial charge in [0.1, 0.15) is 0 Å². The van der Waals surface area contributed by atoms with Crippen LogP contribution in [0.3, 0.4) is 0 Å². The summed E-state index contributed by atoms with van der Waals surface area (Å²) in [5.74, 6) is 0. The molecular weight excluding hydrogens is 260 g/mol. The van der Waals surface area contributed by atoms with Gasteiger partial charge in [-0.05, 0) is 16.3 Å². The molecule has 0 aliphatic heterocycles. The number of halogens is 1. The van der Waals surface area contributed by atoms with Gasteiger partial charge in [0.15, 0.2) is 0 Å². The first-order valence-electron chi connectivity index (χ1n) is 5.96. The van der Waals surface area contributed by atoms with Gasteiger partial charge in [-0.3, -0.25) is 0 Å². The molecule has 19 heavy (non-hydrogen) atoms. The lowest BCUT2D eigenvalue weighted by molar-refractivity contribution is 0.158. The zero-order valence-corrected chi connectivity index (χ0v) is 11.1. The molecule has 3 rings (SSSR count). The molecule has 2 aromatic carbocycles. The minimum Gasteiger partial charge on any atom is -0.387 e. The molecule has 1 aromatic heterocycles. The van der Waals surface area contributed by atoms with Gasteiger partial charge in [-0.1, -0.05) is 42.5 Å². The van der Waals surface area contributed by atoms with Crippen LogP contribution in [0.15, 0.2) is 61.2 Å². The largest absolute Gasteiger partial charge is 0.387 e. The Kier molecular flexibility index (Phi) is 4.20. The van der Waals surface area contributed by atoms with Crippen molar-refractivity contribution in [2.75, 3.05) is 0 Å². The average Bonchev–Trinajstić information content (AvgIpc) is 2.91. The number of aromatic nitrogens is 2. The van der Waals surface area contributed by atoms with E-state index in [-0.39, 0.29) is 12.4 Å². The smallest absolute Gasteiger partial charge is 0.0975 e. The van der Waals surface area contributed by atoms with Gasteiger partial charge in [0.2, 0.25) is 0 Å². The normalized spacial score (nSPS) is 12.1. The van der Waals surface area contributed by atoms with Crippen LogP contribution in [0.2, 0.25) is 0 Å². The van der Waals surface area contributed by atoms with Crippen LogP contribution >= 0.6 is 12.4 Å². The number of aliphatic hydroxyl groups is 1. The van der Waals surface area contributed by atoms with E-state index in [1.54, 1.807) is 12.5 Å². The molecule has 0 aliphatic rings. The summed E-state index contributed by atoms with van der Waals surface area (Å²) in [6.07, 6.45) is 4.77. The SMILES string of the molecule is Cl.OC(Cn1ccnc1)c1cccc2ccccc12. The van der Waals surface area contributed by atoms with Crippen molar-refractivity contribution < 1.29 is 5.11 Å². The van der Waals surface area contributed by atoms with Crippen molar-refractivity contribution in [3.05, 3.63) is 66.7 Å². The number of rotatable bonds is 3. The first-order chi connectivity index (χ1) is 8.84. The maximum atomic E-state index is 10.3. The molecule has 1 N–H and O–H groups in total. The fourth-order valence-corrected chi connectivity index (χ4v) is 2.23. The second kappa shape index (κ2) is 5.87. The predicted molar refractivity (Wildman–Crippen MR) is 78.4 cm³/mol. The fourth-order valence-electron chi connectivity index (χ4n) is 2.23. The molecule has 0 amide bonds. The second-order valence-electron chi connectivity index (χ2n) is 4.34. The van der Waals surface area contributed by atoms with Crippen LogP contribution < -0.4 is 0 Å². The number of hydrogen-bond acceptors (Lipinski definition) is 2. The highest BCUT2D eigenvalue weighted by Gasteiger charge is 2.11. The van der Waals surface area contributed by atoms with E-state index in [0.717, 1.165) is 16.3 Å². The first kappa shape index (κ1) is 13.6. The maximum absolute atomic E-state index is 10.3. The number of aliphatic hydroxyl groups excluding tert-OH is 1. The second-order valence-corrected chi connectivity index (χ2v) is 4.34. The molecule has 0 fully saturated rings. The molecule has 3 nitrogen and oxygen atoms in total. The predicted octanol–water partition coefficient (Wildman–Crippen LogP) is 3.19. The van der Waals surface area contributed by atoms with E-state index in [0.29, 0.717) is 6.54 Å². The number of hydrogen-bond donors (Lipinski definition) is 1. The summed E-state index contributed by atoms with van der Waals surface area (Å²) < 4.78 is 1.88. The van der Waals surface area contributed by atoms with Crippen molar-refractivity contribution in [1.29, 1.82) is 0 Å². The van der Waals surface area contributed by atoms with Gasteiger partial charge in [-0.25, -0.2) is 4.98 Å². The lowest BCUT2D eigenvalue weighted by Gasteiger charge is -2.14. The molecule has 0 bridgehead atoms. The molecule has 1 atom stereocenters. The van der Waals surface area contributed by atoms with Gasteiger partial charge in [-0.15, -0.1) is 12.4 Å². The van der Waals surface area contributed by atoms with Crippen molar-refractivity contribution >= 4 is 23.2 Å². The van der Waals surface area contributed by atoms with E-state index in [4.69, 9.17) is 0 Å². The van der Waals surface area contributed by atoms with Crippen LogP contribution in [-0.4, -0.2) is 14.7 Å². The Bertz CT molecular complexity index is 647. The third-order valence-corrected chi connectivity index (χ3v) is 3.13. The Balaban J connectivity index is 0.00000133. The molecule has 1 unspecified atom stereocenters. The molecular formula is C15H15ClN2O. The van der Waals surface area contributed by atoms with E-state index < -0.39 is 6.10 Å². The Labute approximate surface area is 117 Å². The Morgan fingerprint density at radius 3 is 2.68 bits per heavy atom. The van der Waals surface area contributed by atoms with Crippen LogP contribution in [0.1, 0.15) is 11.7 Å².